The summed E-state index contributed by atoms with van der Waals surface area (Å²) < 4.78 is 51.2. The first-order valence-electron chi connectivity index (χ1n) is 5.40. The molecule has 1 heterocycles. The molecular formula is C9H19NO5S2. The van der Waals surface area contributed by atoms with Crippen LogP contribution >= 0.6 is 0 Å². The smallest absolute Gasteiger partial charge is 0.157 e. The van der Waals surface area contributed by atoms with Gasteiger partial charge >= 0.3 is 0 Å². The molecule has 0 amide bonds. The summed E-state index contributed by atoms with van der Waals surface area (Å²) in [6.07, 6.45) is 1.66. The summed E-state index contributed by atoms with van der Waals surface area (Å²) in [6.45, 7) is 0.668. The Balaban J connectivity index is 2.74. The molecule has 0 aromatic carbocycles. The molecular weight excluding hydrogens is 266 g/mol. The average molecular weight is 285 g/mol. The first-order chi connectivity index (χ1) is 7.76. The van der Waals surface area contributed by atoms with E-state index in [1.54, 1.807) is 7.05 Å². The zero-order valence-corrected chi connectivity index (χ0v) is 11.7. The second-order valence-corrected chi connectivity index (χ2v) is 8.89. The van der Waals surface area contributed by atoms with Crippen LogP contribution in [-0.4, -0.2) is 66.2 Å². The van der Waals surface area contributed by atoms with Crippen molar-refractivity contribution in [3.8, 4) is 0 Å². The van der Waals surface area contributed by atoms with Crippen molar-refractivity contribution in [1.29, 1.82) is 0 Å². The maximum atomic E-state index is 12.0. The highest BCUT2D eigenvalue weighted by Gasteiger charge is 2.35. The van der Waals surface area contributed by atoms with Crippen molar-refractivity contribution in [2.24, 2.45) is 0 Å². The van der Waals surface area contributed by atoms with Gasteiger partial charge in [-0.05, 0) is 13.5 Å². The quantitative estimate of drug-likeness (QED) is 0.684. The van der Waals surface area contributed by atoms with Crippen molar-refractivity contribution in [1.82, 2.24) is 5.32 Å². The second kappa shape index (κ2) is 5.64. The van der Waals surface area contributed by atoms with Gasteiger partial charge in [0.2, 0.25) is 0 Å². The van der Waals surface area contributed by atoms with Gasteiger partial charge in [0.25, 0.3) is 0 Å². The number of nitrogens with one attached hydrogen (secondary N) is 1. The van der Waals surface area contributed by atoms with Crippen LogP contribution in [0.4, 0.5) is 0 Å². The van der Waals surface area contributed by atoms with Gasteiger partial charge in [-0.3, -0.25) is 0 Å². The van der Waals surface area contributed by atoms with E-state index >= 15 is 0 Å². The van der Waals surface area contributed by atoms with Gasteiger partial charge < -0.3 is 10.1 Å². The highest BCUT2D eigenvalue weighted by atomic mass is 32.2. The lowest BCUT2D eigenvalue weighted by atomic mass is 10.1. The van der Waals surface area contributed by atoms with Crippen molar-refractivity contribution in [2.45, 2.75) is 17.7 Å². The lowest BCUT2D eigenvalue weighted by Gasteiger charge is -2.30. The van der Waals surface area contributed by atoms with Crippen molar-refractivity contribution in [2.75, 3.05) is 38.0 Å². The summed E-state index contributed by atoms with van der Waals surface area (Å²) >= 11 is 0. The lowest BCUT2D eigenvalue weighted by molar-refractivity contribution is 0.0826. The fourth-order valence-electron chi connectivity index (χ4n) is 1.81. The van der Waals surface area contributed by atoms with E-state index in [9.17, 15) is 16.8 Å². The molecule has 0 aromatic heterocycles. The van der Waals surface area contributed by atoms with E-state index in [1.807, 2.05) is 0 Å². The van der Waals surface area contributed by atoms with Crippen LogP contribution in [0.5, 0.6) is 0 Å². The predicted molar refractivity (Wildman–Crippen MR) is 65.6 cm³/mol. The summed E-state index contributed by atoms with van der Waals surface area (Å²) in [5.41, 5.74) is 0. The van der Waals surface area contributed by atoms with Gasteiger partial charge in [-0.1, -0.05) is 0 Å². The lowest BCUT2D eigenvalue weighted by Crippen LogP contribution is -2.50. The average Bonchev–Trinajstić information content (AvgIpc) is 2.26. The Kier molecular flexibility index (Phi) is 4.94. The molecule has 2 unspecified atom stereocenters. The number of hydrogen-bond acceptors (Lipinski definition) is 6. The summed E-state index contributed by atoms with van der Waals surface area (Å²) in [4.78, 5) is 0. The van der Waals surface area contributed by atoms with Crippen LogP contribution in [-0.2, 0) is 24.4 Å². The van der Waals surface area contributed by atoms with Crippen molar-refractivity contribution < 1.29 is 21.6 Å². The first-order valence-corrected chi connectivity index (χ1v) is 9.18. The summed E-state index contributed by atoms with van der Waals surface area (Å²) in [6, 6.07) is -0.159. The molecule has 1 saturated heterocycles. The summed E-state index contributed by atoms with van der Waals surface area (Å²) in [5.74, 6) is -0.666. The number of rotatable bonds is 5. The Hall–Kier alpha value is -0.180. The highest BCUT2D eigenvalue weighted by molar-refractivity contribution is 7.95. The van der Waals surface area contributed by atoms with E-state index in [4.69, 9.17) is 4.74 Å². The first kappa shape index (κ1) is 14.9. The van der Waals surface area contributed by atoms with Crippen molar-refractivity contribution >= 4 is 19.7 Å². The molecule has 0 saturated carbocycles. The van der Waals surface area contributed by atoms with Crippen LogP contribution in [0.2, 0.25) is 0 Å². The SMILES string of the molecule is CNC1CCOCC1S(=O)(=O)CCS(C)(=O)=O. The summed E-state index contributed by atoms with van der Waals surface area (Å²) in [7, 11) is -5.00. The van der Waals surface area contributed by atoms with E-state index in [0.717, 1.165) is 6.26 Å². The molecule has 0 spiro atoms. The molecule has 102 valence electrons. The van der Waals surface area contributed by atoms with Crippen LogP contribution < -0.4 is 5.32 Å². The zero-order valence-electron chi connectivity index (χ0n) is 10.0. The Morgan fingerprint density at radius 2 is 1.88 bits per heavy atom. The molecule has 6 nitrogen and oxygen atoms in total. The maximum Gasteiger partial charge on any atom is 0.157 e. The van der Waals surface area contributed by atoms with Gasteiger partial charge in [-0.25, -0.2) is 16.8 Å². The number of sulfone groups is 2. The molecule has 1 aliphatic rings. The molecule has 1 rings (SSSR count). The fraction of sp³-hybridized carbons (Fsp3) is 1.00. The predicted octanol–water partition coefficient (Wildman–Crippen LogP) is -1.18. The molecule has 0 radical (unpaired) electrons. The van der Waals surface area contributed by atoms with Crippen LogP contribution in [0, 0.1) is 0 Å². The number of hydrogen-bond donors (Lipinski definition) is 1. The van der Waals surface area contributed by atoms with Crippen molar-refractivity contribution in [3.63, 3.8) is 0 Å². The van der Waals surface area contributed by atoms with E-state index in [2.05, 4.69) is 5.32 Å². The molecule has 1 N–H and O–H groups in total. The third-order valence-electron chi connectivity index (χ3n) is 2.87. The Morgan fingerprint density at radius 1 is 1.24 bits per heavy atom. The van der Waals surface area contributed by atoms with E-state index in [-0.39, 0.29) is 24.2 Å². The van der Waals surface area contributed by atoms with Gasteiger partial charge in [0.1, 0.15) is 9.84 Å². The molecule has 0 aromatic rings. The van der Waals surface area contributed by atoms with E-state index in [0.29, 0.717) is 13.0 Å². The Bertz CT molecular complexity index is 442. The van der Waals surface area contributed by atoms with Gasteiger partial charge in [-0.2, -0.15) is 0 Å². The summed E-state index contributed by atoms with van der Waals surface area (Å²) in [5, 5.41) is 2.30. The molecule has 1 fully saturated rings. The third-order valence-corrected chi connectivity index (χ3v) is 6.24. The van der Waals surface area contributed by atoms with Gasteiger partial charge in [0.05, 0.1) is 23.4 Å². The second-order valence-electron chi connectivity index (χ2n) is 4.29. The number of ether oxygens (including phenoxy) is 1. The minimum Gasteiger partial charge on any atom is -0.380 e. The highest BCUT2D eigenvalue weighted by Crippen LogP contribution is 2.16. The van der Waals surface area contributed by atoms with Gasteiger partial charge in [0.15, 0.2) is 9.84 Å². The maximum absolute atomic E-state index is 12.0. The fourth-order valence-corrected chi connectivity index (χ4v) is 5.33. The zero-order chi connectivity index (χ0) is 13.1. The monoisotopic (exact) mass is 285 g/mol. The topological polar surface area (TPSA) is 89.5 Å². The molecule has 8 heteroatoms. The van der Waals surface area contributed by atoms with Crippen molar-refractivity contribution in [3.05, 3.63) is 0 Å². The van der Waals surface area contributed by atoms with E-state index < -0.39 is 24.9 Å². The Morgan fingerprint density at radius 3 is 2.41 bits per heavy atom. The Labute approximate surface area is 103 Å². The van der Waals surface area contributed by atoms with Gasteiger partial charge in [0, 0.05) is 18.9 Å². The molecule has 2 atom stereocenters. The molecule has 0 bridgehead atoms. The van der Waals surface area contributed by atoms with Gasteiger partial charge in [-0.15, -0.1) is 0 Å². The molecule has 1 aliphatic heterocycles. The largest absolute Gasteiger partial charge is 0.380 e. The van der Waals surface area contributed by atoms with Crippen LogP contribution in [0.3, 0.4) is 0 Å². The third kappa shape index (κ3) is 4.53. The normalized spacial score (nSPS) is 26.9. The van der Waals surface area contributed by atoms with Crippen LogP contribution in [0.15, 0.2) is 0 Å². The molecule has 17 heavy (non-hydrogen) atoms. The van der Waals surface area contributed by atoms with Crippen LogP contribution in [0.1, 0.15) is 6.42 Å². The minimum atomic E-state index is -3.44. The molecule has 0 aliphatic carbocycles. The van der Waals surface area contributed by atoms with E-state index in [1.165, 1.54) is 0 Å². The minimum absolute atomic E-state index is 0.137. The standard InChI is InChI=1S/C9H19NO5S2/c1-10-8-3-4-15-7-9(8)17(13,14)6-5-16(2,11)12/h8-10H,3-7H2,1-2H3. The van der Waals surface area contributed by atoms with Crippen LogP contribution in [0.25, 0.3) is 0 Å².